The van der Waals surface area contributed by atoms with Crippen LogP contribution in [0.25, 0.3) is 0 Å². The zero-order valence-corrected chi connectivity index (χ0v) is 42.1. The van der Waals surface area contributed by atoms with Crippen molar-refractivity contribution in [3.8, 4) is 0 Å². The molecule has 1 N–H and O–H groups in total. The van der Waals surface area contributed by atoms with Crippen molar-refractivity contribution >= 4 is 11.9 Å². The summed E-state index contributed by atoms with van der Waals surface area (Å²) in [6.45, 7) is 4.05. The number of hydrogen-bond donors (Lipinski definition) is 1. The summed E-state index contributed by atoms with van der Waals surface area (Å²) in [6, 6.07) is 0. The molecule has 0 bridgehead atoms. The van der Waals surface area contributed by atoms with Crippen LogP contribution in [0, 0.1) is 0 Å². The van der Waals surface area contributed by atoms with Gasteiger partial charge in [0.2, 0.25) is 0 Å². The zero-order chi connectivity index (χ0) is 45.6. The van der Waals surface area contributed by atoms with Crippen LogP contribution in [0.2, 0.25) is 0 Å². The van der Waals surface area contributed by atoms with Gasteiger partial charge in [-0.15, -0.1) is 0 Å². The van der Waals surface area contributed by atoms with Crippen molar-refractivity contribution in [1.82, 2.24) is 0 Å². The molecule has 0 spiro atoms. The Hall–Kier alpha value is -2.14. The number of hydrogen-bond acceptors (Lipinski definition) is 5. The van der Waals surface area contributed by atoms with E-state index in [-0.39, 0.29) is 25.2 Å². The van der Waals surface area contributed by atoms with E-state index in [1.54, 1.807) is 0 Å². The third-order valence-electron chi connectivity index (χ3n) is 12.4. The normalized spacial score (nSPS) is 12.5. The number of ether oxygens (including phenoxy) is 2. The monoisotopic (exact) mass is 883 g/mol. The van der Waals surface area contributed by atoms with Crippen molar-refractivity contribution in [1.29, 1.82) is 0 Å². The van der Waals surface area contributed by atoms with E-state index in [1.807, 2.05) is 0 Å². The van der Waals surface area contributed by atoms with E-state index < -0.39 is 6.10 Å². The van der Waals surface area contributed by atoms with Gasteiger partial charge >= 0.3 is 11.9 Å². The first-order valence-electron chi connectivity index (χ1n) is 27.7. The van der Waals surface area contributed by atoms with Crippen LogP contribution in [0.1, 0.15) is 290 Å². The molecule has 0 aliphatic rings. The topological polar surface area (TPSA) is 72.8 Å². The Morgan fingerprint density at radius 2 is 0.683 bits per heavy atom. The standard InChI is InChI=1S/C58H106O5/c1-3-5-7-9-11-13-15-17-19-21-23-24-25-26-27-28-29-30-31-32-33-35-36-38-40-42-44-46-48-50-52-57(60)62-55-56(54-59)63-58(61)53-51-49-47-45-43-41-39-37-34-22-20-18-16-14-12-10-8-6-4-2/h6,8,12,14,18,20,34,37,56,59H,3-5,7,9-11,13,15-17,19,21-33,35-36,38-55H2,1-2H3/b8-6-,14-12-,20-18-,37-34-. The van der Waals surface area contributed by atoms with Crippen molar-refractivity contribution in [2.75, 3.05) is 13.2 Å². The van der Waals surface area contributed by atoms with Crippen LogP contribution in [0.3, 0.4) is 0 Å². The number of aliphatic hydroxyl groups is 1. The molecule has 0 aliphatic carbocycles. The third-order valence-corrected chi connectivity index (χ3v) is 12.4. The minimum absolute atomic E-state index is 0.0695. The molecule has 0 amide bonds. The summed E-state index contributed by atoms with van der Waals surface area (Å²) in [5.41, 5.74) is 0. The molecular formula is C58H106O5. The van der Waals surface area contributed by atoms with E-state index in [9.17, 15) is 14.7 Å². The lowest BCUT2D eigenvalue weighted by molar-refractivity contribution is -0.161. The number of allylic oxidation sites excluding steroid dienone is 8. The fourth-order valence-corrected chi connectivity index (χ4v) is 8.26. The summed E-state index contributed by atoms with van der Waals surface area (Å²) < 4.78 is 10.7. The van der Waals surface area contributed by atoms with Gasteiger partial charge in [-0.3, -0.25) is 9.59 Å². The Morgan fingerprint density at radius 3 is 1.03 bits per heavy atom. The molecule has 0 rings (SSSR count). The van der Waals surface area contributed by atoms with Crippen LogP contribution < -0.4 is 0 Å². The molecule has 368 valence electrons. The average Bonchev–Trinajstić information content (AvgIpc) is 3.29. The maximum atomic E-state index is 12.3. The van der Waals surface area contributed by atoms with Crippen LogP contribution >= 0.6 is 0 Å². The summed E-state index contributed by atoms with van der Waals surface area (Å²) in [5, 5.41) is 9.63. The van der Waals surface area contributed by atoms with Gasteiger partial charge < -0.3 is 14.6 Å². The van der Waals surface area contributed by atoms with Crippen LogP contribution in [-0.4, -0.2) is 36.4 Å². The van der Waals surface area contributed by atoms with Crippen molar-refractivity contribution < 1.29 is 24.2 Å². The predicted octanol–water partition coefficient (Wildman–Crippen LogP) is 18.5. The van der Waals surface area contributed by atoms with E-state index in [2.05, 4.69) is 62.5 Å². The van der Waals surface area contributed by atoms with Crippen LogP contribution in [0.5, 0.6) is 0 Å². The lowest BCUT2D eigenvalue weighted by atomic mass is 10.0. The summed E-state index contributed by atoms with van der Waals surface area (Å²) in [5.74, 6) is -0.595. The van der Waals surface area contributed by atoms with Crippen LogP contribution in [-0.2, 0) is 19.1 Å². The number of unbranched alkanes of at least 4 members (excludes halogenated alkanes) is 35. The number of rotatable bonds is 51. The second-order valence-corrected chi connectivity index (χ2v) is 18.6. The maximum Gasteiger partial charge on any atom is 0.306 e. The molecule has 1 unspecified atom stereocenters. The first-order chi connectivity index (χ1) is 31.1. The van der Waals surface area contributed by atoms with Crippen molar-refractivity contribution in [3.05, 3.63) is 48.6 Å². The first-order valence-corrected chi connectivity index (χ1v) is 27.7. The largest absolute Gasteiger partial charge is 0.462 e. The predicted molar refractivity (Wildman–Crippen MR) is 274 cm³/mol. The van der Waals surface area contributed by atoms with Crippen LogP contribution in [0.4, 0.5) is 0 Å². The molecule has 5 nitrogen and oxygen atoms in total. The summed E-state index contributed by atoms with van der Waals surface area (Å²) in [4.78, 5) is 24.5. The Labute approximate surface area is 392 Å². The number of carbonyl (C=O) groups is 2. The number of aliphatic hydroxyl groups excluding tert-OH is 1. The summed E-state index contributed by atoms with van der Waals surface area (Å²) in [6.07, 6.45) is 70.9. The lowest BCUT2D eigenvalue weighted by Crippen LogP contribution is -2.28. The zero-order valence-electron chi connectivity index (χ0n) is 42.1. The fourth-order valence-electron chi connectivity index (χ4n) is 8.26. The molecule has 0 saturated heterocycles. The molecular weight excluding hydrogens is 777 g/mol. The highest BCUT2D eigenvalue weighted by Crippen LogP contribution is 2.17. The highest BCUT2D eigenvalue weighted by molar-refractivity contribution is 5.70. The first kappa shape index (κ1) is 60.9. The second-order valence-electron chi connectivity index (χ2n) is 18.6. The van der Waals surface area contributed by atoms with Gasteiger partial charge in [0.05, 0.1) is 6.61 Å². The average molecular weight is 883 g/mol. The van der Waals surface area contributed by atoms with Gasteiger partial charge in [-0.2, -0.15) is 0 Å². The maximum absolute atomic E-state index is 12.3. The van der Waals surface area contributed by atoms with Gasteiger partial charge in [-0.25, -0.2) is 0 Å². The Balaban J connectivity index is 3.44. The number of carbonyl (C=O) groups excluding carboxylic acids is 2. The fraction of sp³-hybridized carbons (Fsp3) is 0.828. The molecule has 0 aromatic rings. The Morgan fingerprint density at radius 1 is 0.381 bits per heavy atom. The van der Waals surface area contributed by atoms with E-state index in [4.69, 9.17) is 9.47 Å². The van der Waals surface area contributed by atoms with E-state index in [0.717, 1.165) is 70.6 Å². The Kier molecular flexibility index (Phi) is 52.4. The summed E-state index contributed by atoms with van der Waals surface area (Å²) >= 11 is 0. The highest BCUT2D eigenvalue weighted by Gasteiger charge is 2.16. The van der Waals surface area contributed by atoms with Gasteiger partial charge in [-0.05, 0) is 51.4 Å². The lowest BCUT2D eigenvalue weighted by Gasteiger charge is -2.15. The minimum Gasteiger partial charge on any atom is -0.462 e. The van der Waals surface area contributed by atoms with Crippen molar-refractivity contribution in [2.45, 2.75) is 296 Å². The van der Waals surface area contributed by atoms with E-state index in [1.165, 1.54) is 193 Å². The molecule has 0 aliphatic heterocycles. The molecule has 0 aromatic heterocycles. The van der Waals surface area contributed by atoms with Gasteiger partial charge in [0, 0.05) is 12.8 Å². The van der Waals surface area contributed by atoms with Crippen molar-refractivity contribution in [2.24, 2.45) is 0 Å². The molecule has 0 fully saturated rings. The smallest absolute Gasteiger partial charge is 0.306 e. The molecule has 0 heterocycles. The highest BCUT2D eigenvalue weighted by atomic mass is 16.6. The molecule has 0 aromatic carbocycles. The molecule has 63 heavy (non-hydrogen) atoms. The van der Waals surface area contributed by atoms with Crippen molar-refractivity contribution in [3.63, 3.8) is 0 Å². The summed E-state index contributed by atoms with van der Waals surface area (Å²) in [7, 11) is 0. The SMILES string of the molecule is CC/C=C\C/C=C\C/C=C\C/C=C\CCCCCCCCC(=O)OC(CO)COC(=O)CCCCCCCCCCCCCCCCCCCCCCCCCCCCCCCC. The van der Waals surface area contributed by atoms with Crippen LogP contribution in [0.15, 0.2) is 48.6 Å². The second kappa shape index (κ2) is 54.2. The molecule has 0 radical (unpaired) electrons. The number of esters is 2. The molecule has 1 atom stereocenters. The molecule has 0 saturated carbocycles. The van der Waals surface area contributed by atoms with Gasteiger partial charge in [0.1, 0.15) is 6.61 Å². The van der Waals surface area contributed by atoms with Gasteiger partial charge in [-0.1, -0.05) is 274 Å². The van der Waals surface area contributed by atoms with Gasteiger partial charge in [0.25, 0.3) is 0 Å². The van der Waals surface area contributed by atoms with E-state index >= 15 is 0 Å². The van der Waals surface area contributed by atoms with Gasteiger partial charge in [0.15, 0.2) is 6.10 Å². The molecule has 5 heteroatoms. The quantitative estimate of drug-likeness (QED) is 0.0374. The third kappa shape index (κ3) is 52.4. The Bertz CT molecular complexity index is 1040. The van der Waals surface area contributed by atoms with E-state index in [0.29, 0.717) is 12.8 Å². The minimum atomic E-state index is -0.779.